The zero-order chi connectivity index (χ0) is 17.2. The van der Waals surface area contributed by atoms with Crippen LogP contribution in [0.2, 0.25) is 0 Å². The minimum Gasteiger partial charge on any atom is -0.466 e. The smallest absolute Gasteiger partial charge is 0.309 e. The Morgan fingerprint density at radius 1 is 1.25 bits per heavy atom. The van der Waals surface area contributed by atoms with Gasteiger partial charge in [-0.15, -0.1) is 0 Å². The molecule has 4 aliphatic rings. The van der Waals surface area contributed by atoms with Crippen molar-refractivity contribution >= 4 is 11.8 Å². The van der Waals surface area contributed by atoms with Crippen molar-refractivity contribution < 1.29 is 14.3 Å². The number of carbonyl (C=O) groups excluding carboxylic acids is 2. The molecule has 134 valence electrons. The van der Waals surface area contributed by atoms with Crippen molar-refractivity contribution in [3.05, 3.63) is 12.2 Å². The van der Waals surface area contributed by atoms with Crippen LogP contribution < -0.4 is 0 Å². The summed E-state index contributed by atoms with van der Waals surface area (Å²) in [6.07, 6.45) is 14.6. The molecule has 0 aromatic heterocycles. The van der Waals surface area contributed by atoms with Gasteiger partial charge in [0, 0.05) is 17.8 Å². The summed E-state index contributed by atoms with van der Waals surface area (Å²) < 4.78 is 5.49. The van der Waals surface area contributed by atoms with E-state index in [1.165, 1.54) is 0 Å². The quantitative estimate of drug-likeness (QED) is 0.534. The van der Waals surface area contributed by atoms with E-state index in [0.717, 1.165) is 57.8 Å². The van der Waals surface area contributed by atoms with E-state index in [0.29, 0.717) is 18.8 Å². The molecule has 2 fully saturated rings. The van der Waals surface area contributed by atoms with Gasteiger partial charge in [-0.25, -0.2) is 0 Å². The number of hydrogen-bond donors (Lipinski definition) is 0. The van der Waals surface area contributed by atoms with E-state index in [4.69, 9.17) is 4.74 Å². The highest BCUT2D eigenvalue weighted by atomic mass is 16.5. The number of unbranched alkanes of at least 4 members (excludes halogenated alkanes) is 1. The van der Waals surface area contributed by atoms with Crippen molar-refractivity contribution in [1.29, 1.82) is 0 Å². The van der Waals surface area contributed by atoms with E-state index in [-0.39, 0.29) is 28.6 Å². The Labute approximate surface area is 146 Å². The summed E-state index contributed by atoms with van der Waals surface area (Å²) in [6.45, 7) is 4.54. The van der Waals surface area contributed by atoms with Crippen LogP contribution in [0.25, 0.3) is 0 Å². The van der Waals surface area contributed by atoms with Crippen LogP contribution in [0.15, 0.2) is 12.2 Å². The predicted octanol–water partition coefficient (Wildman–Crippen LogP) is 4.84. The molecule has 0 aliphatic heterocycles. The third-order valence-corrected chi connectivity index (χ3v) is 6.88. The van der Waals surface area contributed by atoms with Crippen LogP contribution in [0.4, 0.5) is 0 Å². The lowest BCUT2D eigenvalue weighted by Gasteiger charge is -2.46. The molecule has 0 radical (unpaired) electrons. The zero-order valence-electron chi connectivity index (χ0n) is 15.3. The van der Waals surface area contributed by atoms with Crippen LogP contribution in [0.5, 0.6) is 0 Å². The number of esters is 1. The zero-order valence-corrected chi connectivity index (χ0v) is 15.3. The summed E-state index contributed by atoms with van der Waals surface area (Å²) >= 11 is 0. The second-order valence-electron chi connectivity index (χ2n) is 8.18. The Balaban J connectivity index is 2.01. The number of carbonyl (C=O) groups is 2. The van der Waals surface area contributed by atoms with E-state index >= 15 is 0 Å². The minimum absolute atomic E-state index is 0.0303. The number of allylic oxidation sites excluding steroid dienone is 2. The molecule has 24 heavy (non-hydrogen) atoms. The second kappa shape index (κ2) is 7.01. The lowest BCUT2D eigenvalue weighted by molar-refractivity contribution is -0.155. The third kappa shape index (κ3) is 2.95. The number of hydrogen-bond acceptors (Lipinski definition) is 3. The predicted molar refractivity (Wildman–Crippen MR) is 94.5 cm³/mol. The summed E-state index contributed by atoms with van der Waals surface area (Å²) in [4.78, 5) is 25.6. The van der Waals surface area contributed by atoms with Gasteiger partial charge in [0.25, 0.3) is 0 Å². The fourth-order valence-electron chi connectivity index (χ4n) is 5.59. The fourth-order valence-corrected chi connectivity index (χ4v) is 5.59. The largest absolute Gasteiger partial charge is 0.466 e. The summed E-state index contributed by atoms with van der Waals surface area (Å²) in [5.41, 5.74) is -0.167. The first kappa shape index (κ1) is 17.7. The molecule has 3 heteroatoms. The van der Waals surface area contributed by atoms with E-state index in [1.54, 1.807) is 0 Å². The number of fused-ring (bicyclic) bond motifs is 4. The van der Waals surface area contributed by atoms with Crippen molar-refractivity contribution in [3.63, 3.8) is 0 Å². The molecule has 4 rings (SSSR count). The Morgan fingerprint density at radius 3 is 2.83 bits per heavy atom. The topological polar surface area (TPSA) is 43.4 Å². The summed E-state index contributed by atoms with van der Waals surface area (Å²) in [5.74, 6) is 0.471. The molecular weight excluding hydrogens is 300 g/mol. The lowest BCUT2D eigenvalue weighted by atomic mass is 9.57. The van der Waals surface area contributed by atoms with Gasteiger partial charge in [-0.05, 0) is 50.9 Å². The molecule has 4 atom stereocenters. The Morgan fingerprint density at radius 2 is 2.08 bits per heavy atom. The minimum atomic E-state index is -0.0920. The maximum atomic E-state index is 12.9. The van der Waals surface area contributed by atoms with Crippen molar-refractivity contribution in [2.45, 2.75) is 78.1 Å². The van der Waals surface area contributed by atoms with Gasteiger partial charge in [-0.1, -0.05) is 38.3 Å². The Kier molecular flexibility index (Phi) is 5.17. The molecule has 0 unspecified atom stereocenters. The molecule has 1 spiro atoms. The number of ether oxygens (including phenoxy) is 1. The molecule has 0 N–H and O–H groups in total. The van der Waals surface area contributed by atoms with Crippen molar-refractivity contribution in [2.24, 2.45) is 22.7 Å². The van der Waals surface area contributed by atoms with Gasteiger partial charge in [-0.3, -0.25) is 9.59 Å². The van der Waals surface area contributed by atoms with Crippen molar-refractivity contribution in [2.75, 3.05) is 6.61 Å². The van der Waals surface area contributed by atoms with Gasteiger partial charge in [-0.2, -0.15) is 0 Å². The molecule has 0 aromatic carbocycles. The van der Waals surface area contributed by atoms with Gasteiger partial charge < -0.3 is 4.74 Å². The molecule has 0 saturated heterocycles. The molecular formula is C21H32O3. The highest BCUT2D eigenvalue weighted by molar-refractivity contribution is 5.83. The average molecular weight is 332 g/mol. The van der Waals surface area contributed by atoms with Crippen LogP contribution in [0.1, 0.15) is 78.1 Å². The monoisotopic (exact) mass is 332 g/mol. The van der Waals surface area contributed by atoms with Gasteiger partial charge >= 0.3 is 5.97 Å². The molecule has 0 amide bonds. The maximum Gasteiger partial charge on any atom is 0.309 e. The Bertz CT molecular complexity index is 523. The van der Waals surface area contributed by atoms with E-state index < -0.39 is 0 Å². The average Bonchev–Trinajstić information content (AvgIpc) is 3.00. The molecule has 0 heterocycles. The molecule has 3 nitrogen and oxygen atoms in total. The summed E-state index contributed by atoms with van der Waals surface area (Å²) in [5, 5.41) is 0. The Hall–Kier alpha value is -1.12. The van der Waals surface area contributed by atoms with Gasteiger partial charge in [0.15, 0.2) is 0 Å². The molecule has 0 aromatic rings. The molecule has 2 saturated carbocycles. The maximum absolute atomic E-state index is 12.9. The van der Waals surface area contributed by atoms with Crippen LogP contribution >= 0.6 is 0 Å². The van der Waals surface area contributed by atoms with E-state index in [1.807, 2.05) is 6.92 Å². The first-order valence-electron chi connectivity index (χ1n) is 9.96. The third-order valence-electron chi connectivity index (χ3n) is 6.88. The SMILES string of the molecule is CCCC[C@@]12C=C[C@]3(CCC[C@H]3C(=O)CCC1)C[C@@H]2C(=O)OCC. The van der Waals surface area contributed by atoms with E-state index in [9.17, 15) is 9.59 Å². The summed E-state index contributed by atoms with van der Waals surface area (Å²) in [6, 6.07) is 0. The van der Waals surface area contributed by atoms with Crippen molar-refractivity contribution in [1.82, 2.24) is 0 Å². The van der Waals surface area contributed by atoms with E-state index in [2.05, 4.69) is 19.1 Å². The van der Waals surface area contributed by atoms with Crippen LogP contribution in [0, 0.1) is 22.7 Å². The highest BCUT2D eigenvalue weighted by Crippen LogP contribution is 2.59. The van der Waals surface area contributed by atoms with Gasteiger partial charge in [0.1, 0.15) is 5.78 Å². The standard InChI is InChI=1S/C21H32O3/c1-3-5-10-20-11-7-9-18(22)16-8-6-12-21(16,14-13-20)15-17(20)19(23)24-4-2/h13-14,16-17H,3-12,15H2,1-2H3/t16-,17+,20-,21+/m0/s1. The number of ketones is 1. The van der Waals surface area contributed by atoms with Crippen LogP contribution in [-0.2, 0) is 14.3 Å². The second-order valence-corrected chi connectivity index (χ2v) is 8.18. The van der Waals surface area contributed by atoms with Crippen LogP contribution in [-0.4, -0.2) is 18.4 Å². The number of Topliss-reactive ketones (excluding diaryl/α,β-unsaturated/α-hetero) is 1. The molecule has 4 aliphatic carbocycles. The molecule has 2 bridgehead atoms. The summed E-state index contributed by atoms with van der Waals surface area (Å²) in [7, 11) is 0. The number of rotatable bonds is 5. The first-order chi connectivity index (χ1) is 11.6. The van der Waals surface area contributed by atoms with Crippen molar-refractivity contribution in [3.8, 4) is 0 Å². The van der Waals surface area contributed by atoms with Gasteiger partial charge in [0.2, 0.25) is 0 Å². The first-order valence-corrected chi connectivity index (χ1v) is 9.96. The lowest BCUT2D eigenvalue weighted by Crippen LogP contribution is -2.44. The van der Waals surface area contributed by atoms with Crippen LogP contribution in [0.3, 0.4) is 0 Å². The van der Waals surface area contributed by atoms with Gasteiger partial charge in [0.05, 0.1) is 12.5 Å². The highest BCUT2D eigenvalue weighted by Gasteiger charge is 2.55. The fraction of sp³-hybridized carbons (Fsp3) is 0.810. The normalized spacial score (nSPS) is 38.3.